The number of carbonyl (C=O) groups is 1. The van der Waals surface area contributed by atoms with Crippen molar-refractivity contribution in [3.05, 3.63) is 23.9 Å². The van der Waals surface area contributed by atoms with Crippen molar-refractivity contribution in [3.8, 4) is 0 Å². The fourth-order valence-corrected chi connectivity index (χ4v) is 3.58. The van der Waals surface area contributed by atoms with E-state index in [9.17, 15) is 4.79 Å². The Kier molecular flexibility index (Phi) is 5.29. The second-order valence-corrected chi connectivity index (χ2v) is 6.51. The minimum absolute atomic E-state index is 0.00752. The molecular weight excluding hydrogens is 270 g/mol. The monoisotopic (exact) mass is 293 g/mol. The fourth-order valence-electron chi connectivity index (χ4n) is 2.67. The van der Waals surface area contributed by atoms with E-state index in [2.05, 4.69) is 21.9 Å². The molecule has 1 amide bonds. The highest BCUT2D eigenvalue weighted by Crippen LogP contribution is 2.39. The van der Waals surface area contributed by atoms with Crippen molar-refractivity contribution in [2.75, 3.05) is 24.7 Å². The molecule has 1 heterocycles. The molecule has 0 bridgehead atoms. The molecule has 0 aliphatic heterocycles. The lowest BCUT2D eigenvalue weighted by Gasteiger charge is -2.26. The highest BCUT2D eigenvalue weighted by molar-refractivity contribution is 8.00. The molecule has 2 rings (SSSR count). The van der Waals surface area contributed by atoms with Crippen molar-refractivity contribution in [1.82, 2.24) is 10.3 Å². The van der Waals surface area contributed by atoms with Gasteiger partial charge in [-0.2, -0.15) is 11.8 Å². The normalized spacial score (nSPS) is 16.9. The highest BCUT2D eigenvalue weighted by Gasteiger charge is 2.33. The third-order valence-corrected chi connectivity index (χ3v) is 5.32. The number of aromatic nitrogens is 1. The van der Waals surface area contributed by atoms with Gasteiger partial charge < -0.3 is 10.6 Å². The topological polar surface area (TPSA) is 54.0 Å². The third-order valence-electron chi connectivity index (χ3n) is 3.90. The van der Waals surface area contributed by atoms with Gasteiger partial charge in [-0.25, -0.2) is 4.98 Å². The Balaban J connectivity index is 1.96. The molecule has 2 N–H and O–H groups in total. The third kappa shape index (κ3) is 3.66. The quantitative estimate of drug-likeness (QED) is 0.847. The van der Waals surface area contributed by atoms with Crippen LogP contribution in [0.5, 0.6) is 0 Å². The van der Waals surface area contributed by atoms with Crippen molar-refractivity contribution < 1.29 is 4.79 Å². The van der Waals surface area contributed by atoms with Crippen LogP contribution < -0.4 is 10.6 Å². The minimum Gasteiger partial charge on any atom is -0.370 e. The van der Waals surface area contributed by atoms with Gasteiger partial charge in [0.05, 0.1) is 0 Å². The van der Waals surface area contributed by atoms with Gasteiger partial charge >= 0.3 is 0 Å². The second kappa shape index (κ2) is 6.97. The maximum atomic E-state index is 12.2. The van der Waals surface area contributed by atoms with Gasteiger partial charge in [-0.15, -0.1) is 0 Å². The van der Waals surface area contributed by atoms with Crippen molar-refractivity contribution in [2.45, 2.75) is 37.4 Å². The van der Waals surface area contributed by atoms with Crippen molar-refractivity contribution in [1.29, 1.82) is 0 Å². The lowest BCUT2D eigenvalue weighted by atomic mass is 10.1. The van der Waals surface area contributed by atoms with Crippen molar-refractivity contribution in [2.24, 2.45) is 0 Å². The van der Waals surface area contributed by atoms with E-state index in [1.807, 2.05) is 18.7 Å². The summed E-state index contributed by atoms with van der Waals surface area (Å²) in [6, 6.07) is 3.57. The lowest BCUT2D eigenvalue weighted by Crippen LogP contribution is -2.38. The maximum absolute atomic E-state index is 12.2. The molecule has 0 radical (unpaired) electrons. The van der Waals surface area contributed by atoms with Gasteiger partial charge in [-0.05, 0) is 38.2 Å². The first-order valence-electron chi connectivity index (χ1n) is 7.22. The van der Waals surface area contributed by atoms with Gasteiger partial charge in [0.25, 0.3) is 5.91 Å². The van der Waals surface area contributed by atoms with Gasteiger partial charge in [0, 0.05) is 29.6 Å². The summed E-state index contributed by atoms with van der Waals surface area (Å²) in [6.45, 7) is 3.57. The Morgan fingerprint density at radius 2 is 2.20 bits per heavy atom. The van der Waals surface area contributed by atoms with Gasteiger partial charge in [-0.3, -0.25) is 4.79 Å². The van der Waals surface area contributed by atoms with Crippen LogP contribution in [0.15, 0.2) is 18.3 Å². The minimum atomic E-state index is -0.00752. The molecule has 4 nitrogen and oxygen atoms in total. The molecule has 0 aromatic carbocycles. The van der Waals surface area contributed by atoms with Crippen LogP contribution >= 0.6 is 11.8 Å². The summed E-state index contributed by atoms with van der Waals surface area (Å²) in [7, 11) is 0. The van der Waals surface area contributed by atoms with Gasteiger partial charge in [0.2, 0.25) is 0 Å². The average molecular weight is 293 g/mol. The Morgan fingerprint density at radius 3 is 2.85 bits per heavy atom. The Hall–Kier alpha value is -1.23. The first-order valence-corrected chi connectivity index (χ1v) is 8.45. The van der Waals surface area contributed by atoms with E-state index in [4.69, 9.17) is 0 Å². The standard InChI is InChI=1S/C15H23N3OS/c1-3-16-13-10-12(6-9-17-13)14(19)18-11-15(20-2)7-4-5-8-15/h6,9-10H,3-5,7-8,11H2,1-2H3,(H,16,17)(H,18,19). The fraction of sp³-hybridized carbons (Fsp3) is 0.600. The first-order chi connectivity index (χ1) is 9.69. The summed E-state index contributed by atoms with van der Waals surface area (Å²) < 4.78 is 0.243. The number of pyridine rings is 1. The Bertz CT molecular complexity index is 458. The van der Waals surface area contributed by atoms with E-state index in [0.717, 1.165) is 18.9 Å². The van der Waals surface area contributed by atoms with Crippen LogP contribution in [0.4, 0.5) is 5.82 Å². The number of hydrogen-bond donors (Lipinski definition) is 2. The summed E-state index contributed by atoms with van der Waals surface area (Å²) in [5.74, 6) is 0.743. The van der Waals surface area contributed by atoms with Gasteiger partial charge in [-0.1, -0.05) is 12.8 Å². The average Bonchev–Trinajstić information content (AvgIpc) is 2.95. The summed E-state index contributed by atoms with van der Waals surface area (Å²) in [4.78, 5) is 16.4. The molecule has 1 aromatic rings. The number of nitrogens with zero attached hydrogens (tertiary/aromatic N) is 1. The summed E-state index contributed by atoms with van der Waals surface area (Å²) in [5, 5.41) is 6.21. The molecule has 0 spiro atoms. The molecule has 0 atom stereocenters. The smallest absolute Gasteiger partial charge is 0.251 e. The van der Waals surface area contributed by atoms with Crippen LogP contribution in [0, 0.1) is 0 Å². The molecule has 1 saturated carbocycles. The van der Waals surface area contributed by atoms with E-state index < -0.39 is 0 Å². The number of anilines is 1. The lowest BCUT2D eigenvalue weighted by molar-refractivity contribution is 0.0949. The largest absolute Gasteiger partial charge is 0.370 e. The zero-order valence-electron chi connectivity index (χ0n) is 12.2. The molecule has 110 valence electrons. The van der Waals surface area contributed by atoms with Crippen LogP contribution in [0.25, 0.3) is 0 Å². The summed E-state index contributed by atoms with van der Waals surface area (Å²) in [5.41, 5.74) is 0.671. The van der Waals surface area contributed by atoms with E-state index in [1.165, 1.54) is 25.7 Å². The molecule has 1 fully saturated rings. The number of amides is 1. The number of hydrogen-bond acceptors (Lipinski definition) is 4. The van der Waals surface area contributed by atoms with E-state index >= 15 is 0 Å². The molecular formula is C15H23N3OS. The number of carbonyl (C=O) groups excluding carboxylic acids is 1. The van der Waals surface area contributed by atoms with E-state index in [1.54, 1.807) is 18.3 Å². The SMILES string of the molecule is CCNc1cc(C(=O)NCC2(SC)CCCC2)ccn1. The molecule has 5 heteroatoms. The van der Waals surface area contributed by atoms with Crippen molar-refractivity contribution in [3.63, 3.8) is 0 Å². The predicted molar refractivity (Wildman–Crippen MR) is 85.4 cm³/mol. The van der Waals surface area contributed by atoms with E-state index in [0.29, 0.717) is 5.56 Å². The first kappa shape index (κ1) is 15.2. The van der Waals surface area contributed by atoms with Crippen LogP contribution in [0.2, 0.25) is 0 Å². The summed E-state index contributed by atoms with van der Waals surface area (Å²) in [6.07, 6.45) is 8.77. The Morgan fingerprint density at radius 1 is 1.45 bits per heavy atom. The second-order valence-electron chi connectivity index (χ2n) is 5.24. The van der Waals surface area contributed by atoms with E-state index in [-0.39, 0.29) is 10.7 Å². The van der Waals surface area contributed by atoms with Crippen LogP contribution in [-0.2, 0) is 0 Å². The summed E-state index contributed by atoms with van der Waals surface area (Å²) >= 11 is 1.89. The molecule has 1 aromatic heterocycles. The maximum Gasteiger partial charge on any atom is 0.251 e. The number of thioether (sulfide) groups is 1. The molecule has 20 heavy (non-hydrogen) atoms. The highest BCUT2D eigenvalue weighted by atomic mass is 32.2. The molecule has 0 saturated heterocycles. The zero-order chi connectivity index (χ0) is 14.4. The molecule has 1 aliphatic carbocycles. The van der Waals surface area contributed by atoms with Crippen LogP contribution in [-0.4, -0.2) is 35.0 Å². The van der Waals surface area contributed by atoms with Crippen LogP contribution in [0.1, 0.15) is 43.0 Å². The number of rotatable bonds is 6. The molecule has 0 unspecified atom stereocenters. The van der Waals surface area contributed by atoms with Crippen LogP contribution in [0.3, 0.4) is 0 Å². The van der Waals surface area contributed by atoms with Gasteiger partial charge in [0.1, 0.15) is 5.82 Å². The van der Waals surface area contributed by atoms with Gasteiger partial charge in [0.15, 0.2) is 0 Å². The van der Waals surface area contributed by atoms with Crippen molar-refractivity contribution >= 4 is 23.5 Å². The number of nitrogens with one attached hydrogen (secondary N) is 2. The Labute approximate surface area is 125 Å². The molecule has 1 aliphatic rings. The zero-order valence-corrected chi connectivity index (χ0v) is 13.1. The predicted octanol–water partition coefficient (Wildman–Crippen LogP) is 2.92.